The fourth-order valence-electron chi connectivity index (χ4n) is 3.25. The maximum atomic E-state index is 12.8. The molecule has 0 spiro atoms. The summed E-state index contributed by atoms with van der Waals surface area (Å²) in [4.78, 5) is 10.8. The van der Waals surface area contributed by atoms with Gasteiger partial charge >= 0.3 is 0 Å². The molecule has 0 atom stereocenters. The Morgan fingerprint density at radius 3 is 2.39 bits per heavy atom. The number of nitrogens with zero attached hydrogens (tertiary/aromatic N) is 3. The Morgan fingerprint density at radius 1 is 1.09 bits per heavy atom. The average Bonchev–Trinajstić information content (AvgIpc) is 2.83. The van der Waals surface area contributed by atoms with Gasteiger partial charge in [0, 0.05) is 24.7 Å². The van der Waals surface area contributed by atoms with Crippen LogP contribution in [0.2, 0.25) is 0 Å². The summed E-state index contributed by atoms with van der Waals surface area (Å²) in [5.74, 6) is 1.20. The Hall–Kier alpha value is -3.42. The van der Waals surface area contributed by atoms with E-state index in [1.54, 1.807) is 12.1 Å². The number of methoxy groups -OCH3 is 3. The van der Waals surface area contributed by atoms with Gasteiger partial charge in [0.1, 0.15) is 5.69 Å². The summed E-state index contributed by atoms with van der Waals surface area (Å²) < 4.78 is 48.0. The lowest BCUT2D eigenvalue weighted by molar-refractivity contribution is -0.384. The van der Waals surface area contributed by atoms with Crippen molar-refractivity contribution in [2.45, 2.75) is 4.90 Å². The van der Waals surface area contributed by atoms with Crippen LogP contribution in [0.5, 0.6) is 17.2 Å². The van der Waals surface area contributed by atoms with Crippen LogP contribution in [0, 0.1) is 10.1 Å². The smallest absolute Gasteiger partial charge is 0.295 e. The highest BCUT2D eigenvalue weighted by Crippen LogP contribution is 2.39. The molecule has 1 heterocycles. The quantitative estimate of drug-likeness (QED) is 0.324. The molecule has 1 N–H and O–H groups in total. The number of hydrogen-bond acceptors (Lipinski definition) is 10. The van der Waals surface area contributed by atoms with Gasteiger partial charge in [-0.05, 0) is 24.3 Å². The van der Waals surface area contributed by atoms with E-state index in [0.717, 1.165) is 6.07 Å². The van der Waals surface area contributed by atoms with E-state index in [2.05, 4.69) is 10.5 Å². The Balaban J connectivity index is 1.87. The van der Waals surface area contributed by atoms with Crippen molar-refractivity contribution in [3.63, 3.8) is 0 Å². The third-order valence-corrected chi connectivity index (χ3v) is 6.79. The molecule has 1 saturated heterocycles. The van der Waals surface area contributed by atoms with Crippen LogP contribution in [0.25, 0.3) is 0 Å². The van der Waals surface area contributed by atoms with E-state index in [0.29, 0.717) is 22.8 Å². The molecule has 0 saturated carbocycles. The molecule has 13 heteroatoms. The minimum absolute atomic E-state index is 0.0246. The minimum Gasteiger partial charge on any atom is -0.493 e. The number of ether oxygens (including phenoxy) is 4. The molecule has 0 radical (unpaired) electrons. The van der Waals surface area contributed by atoms with Crippen molar-refractivity contribution in [2.24, 2.45) is 5.10 Å². The number of anilines is 1. The van der Waals surface area contributed by atoms with E-state index in [-0.39, 0.29) is 36.9 Å². The number of hydrogen-bond donors (Lipinski definition) is 1. The first kappa shape index (κ1) is 24.2. The van der Waals surface area contributed by atoms with Crippen molar-refractivity contribution in [1.29, 1.82) is 0 Å². The van der Waals surface area contributed by atoms with E-state index < -0.39 is 20.6 Å². The molecule has 178 valence electrons. The molecule has 0 amide bonds. The van der Waals surface area contributed by atoms with Gasteiger partial charge in [-0.1, -0.05) is 0 Å². The summed E-state index contributed by atoms with van der Waals surface area (Å²) >= 11 is 0. The molecule has 1 fully saturated rings. The molecule has 3 rings (SSSR count). The fraction of sp³-hybridized carbons (Fsp3) is 0.350. The van der Waals surface area contributed by atoms with Crippen LogP contribution in [0.15, 0.2) is 40.3 Å². The van der Waals surface area contributed by atoms with Crippen LogP contribution in [0.4, 0.5) is 11.4 Å². The SMILES string of the molecule is COc1ccc(/C=N\Nc2ccc(S(=O)(=O)N3CCOCC3)cc2[N+](=O)[O-])c(OC)c1OC. The Labute approximate surface area is 190 Å². The third-order valence-electron chi connectivity index (χ3n) is 4.90. The molecule has 12 nitrogen and oxygen atoms in total. The molecule has 0 unspecified atom stereocenters. The summed E-state index contributed by atoms with van der Waals surface area (Å²) in [7, 11) is 0.540. The van der Waals surface area contributed by atoms with Gasteiger partial charge in [0.2, 0.25) is 15.8 Å². The second-order valence-corrected chi connectivity index (χ2v) is 8.68. The Kier molecular flexibility index (Phi) is 7.68. The second-order valence-electron chi connectivity index (χ2n) is 6.75. The van der Waals surface area contributed by atoms with Gasteiger partial charge in [0.15, 0.2) is 11.5 Å². The summed E-state index contributed by atoms with van der Waals surface area (Å²) in [5, 5.41) is 15.6. The van der Waals surface area contributed by atoms with E-state index >= 15 is 0 Å². The molecule has 0 aromatic heterocycles. The standard InChI is InChI=1S/C20H24N4O8S/c1-29-18-7-4-14(19(30-2)20(18)31-3)13-21-22-16-6-5-15(12-17(16)24(25)26)33(27,28)23-8-10-32-11-9-23/h4-7,12-13,22H,8-11H2,1-3H3/b21-13-. The molecule has 33 heavy (non-hydrogen) atoms. The van der Waals surface area contributed by atoms with Crippen LogP contribution in [-0.4, -0.2) is 71.5 Å². The van der Waals surface area contributed by atoms with Crippen molar-refractivity contribution in [3.05, 3.63) is 46.0 Å². The molecule has 1 aliphatic rings. The molecular weight excluding hydrogens is 456 g/mol. The van der Waals surface area contributed by atoms with Crippen molar-refractivity contribution < 1.29 is 32.3 Å². The van der Waals surface area contributed by atoms with Gasteiger partial charge in [0.25, 0.3) is 5.69 Å². The van der Waals surface area contributed by atoms with Gasteiger partial charge in [-0.2, -0.15) is 9.41 Å². The van der Waals surface area contributed by atoms with Gasteiger partial charge in [-0.3, -0.25) is 15.5 Å². The highest BCUT2D eigenvalue weighted by molar-refractivity contribution is 7.89. The molecule has 2 aromatic rings. The number of nitro groups is 1. The zero-order valence-corrected chi connectivity index (χ0v) is 19.1. The predicted octanol–water partition coefficient (Wildman–Crippen LogP) is 2.09. The van der Waals surface area contributed by atoms with Crippen molar-refractivity contribution in [1.82, 2.24) is 4.31 Å². The zero-order chi connectivity index (χ0) is 24.0. The lowest BCUT2D eigenvalue weighted by atomic mass is 10.2. The zero-order valence-electron chi connectivity index (χ0n) is 18.3. The average molecular weight is 480 g/mol. The molecular formula is C20H24N4O8S. The maximum absolute atomic E-state index is 12.8. The molecule has 0 aliphatic carbocycles. The second kappa shape index (κ2) is 10.5. The lowest BCUT2D eigenvalue weighted by Crippen LogP contribution is -2.40. The Bertz CT molecular complexity index is 1150. The van der Waals surface area contributed by atoms with E-state index in [1.165, 1.54) is 44.0 Å². The van der Waals surface area contributed by atoms with Crippen LogP contribution in [0.1, 0.15) is 5.56 Å². The summed E-state index contributed by atoms with van der Waals surface area (Å²) in [5.41, 5.74) is 2.71. The minimum atomic E-state index is -3.88. The number of nitro benzene ring substituents is 1. The number of sulfonamides is 1. The molecule has 0 bridgehead atoms. The van der Waals surface area contributed by atoms with Crippen LogP contribution in [0.3, 0.4) is 0 Å². The topological polar surface area (TPSA) is 142 Å². The summed E-state index contributed by atoms with van der Waals surface area (Å²) in [6, 6.07) is 6.95. The normalized spacial score (nSPS) is 14.8. The third kappa shape index (κ3) is 5.16. The molecule has 2 aromatic carbocycles. The van der Waals surface area contributed by atoms with Crippen molar-refractivity contribution in [2.75, 3.05) is 53.1 Å². The predicted molar refractivity (Wildman–Crippen MR) is 120 cm³/mol. The maximum Gasteiger partial charge on any atom is 0.295 e. The molecule has 1 aliphatic heterocycles. The number of hydrazone groups is 1. The monoisotopic (exact) mass is 480 g/mol. The lowest BCUT2D eigenvalue weighted by Gasteiger charge is -2.26. The first-order valence-electron chi connectivity index (χ1n) is 9.77. The fourth-order valence-corrected chi connectivity index (χ4v) is 4.68. The Morgan fingerprint density at radius 2 is 1.79 bits per heavy atom. The van der Waals surface area contributed by atoms with E-state index in [4.69, 9.17) is 18.9 Å². The van der Waals surface area contributed by atoms with Crippen LogP contribution in [-0.2, 0) is 14.8 Å². The number of benzene rings is 2. The van der Waals surface area contributed by atoms with Crippen LogP contribution >= 0.6 is 0 Å². The van der Waals surface area contributed by atoms with Crippen molar-refractivity contribution >= 4 is 27.6 Å². The van der Waals surface area contributed by atoms with Gasteiger partial charge in [-0.15, -0.1) is 0 Å². The van der Waals surface area contributed by atoms with Gasteiger partial charge < -0.3 is 18.9 Å². The number of nitrogens with one attached hydrogen (secondary N) is 1. The first-order valence-corrected chi connectivity index (χ1v) is 11.2. The number of rotatable bonds is 9. The van der Waals surface area contributed by atoms with Gasteiger partial charge in [0.05, 0.1) is 50.6 Å². The number of morpholine rings is 1. The highest BCUT2D eigenvalue weighted by Gasteiger charge is 2.29. The first-order chi connectivity index (χ1) is 15.8. The van der Waals surface area contributed by atoms with Crippen LogP contribution < -0.4 is 19.6 Å². The van der Waals surface area contributed by atoms with Gasteiger partial charge in [-0.25, -0.2) is 8.42 Å². The van der Waals surface area contributed by atoms with E-state index in [9.17, 15) is 18.5 Å². The van der Waals surface area contributed by atoms with Crippen molar-refractivity contribution in [3.8, 4) is 17.2 Å². The highest BCUT2D eigenvalue weighted by atomic mass is 32.2. The summed E-state index contributed by atoms with van der Waals surface area (Å²) in [6.45, 7) is 0.922. The summed E-state index contributed by atoms with van der Waals surface area (Å²) in [6.07, 6.45) is 1.39. The van der Waals surface area contributed by atoms with E-state index in [1.807, 2.05) is 0 Å². The largest absolute Gasteiger partial charge is 0.493 e.